The van der Waals surface area contributed by atoms with Crippen LogP contribution in [-0.4, -0.2) is 67.2 Å². The number of carbonyl (C=O) groups excluding carboxylic acids is 5. The molecule has 1 fully saturated rings. The molecule has 1 aliphatic rings. The highest BCUT2D eigenvalue weighted by Gasteiger charge is 2.53. The highest BCUT2D eigenvalue weighted by atomic mass is 16.7. The smallest absolute Gasteiger partial charge is 0.305 e. The van der Waals surface area contributed by atoms with Gasteiger partial charge in [-0.3, -0.25) is 24.0 Å². The minimum atomic E-state index is -1.48. The van der Waals surface area contributed by atoms with Gasteiger partial charge in [0.25, 0.3) is 0 Å². The number of hydrogen-bond donors (Lipinski definition) is 0. The van der Waals surface area contributed by atoms with Gasteiger partial charge in [-0.15, -0.1) is 0 Å². The van der Waals surface area contributed by atoms with Gasteiger partial charge in [0.15, 0.2) is 12.2 Å². The molecule has 0 bridgehead atoms. The van der Waals surface area contributed by atoms with Crippen molar-refractivity contribution in [2.24, 2.45) is 0 Å². The third kappa shape index (κ3) is 7.21. The molecule has 0 aromatic carbocycles. The van der Waals surface area contributed by atoms with E-state index in [0.29, 0.717) is 0 Å². The summed E-state index contributed by atoms with van der Waals surface area (Å²) in [5, 5.41) is 0. The Morgan fingerprint density at radius 1 is 0.630 bits per heavy atom. The van der Waals surface area contributed by atoms with Crippen LogP contribution in [0.3, 0.4) is 0 Å². The first-order valence-electron chi connectivity index (χ1n) is 7.99. The molecule has 0 aromatic heterocycles. The Morgan fingerprint density at radius 2 is 1.07 bits per heavy atom. The molecular formula is C16H22O11. The lowest BCUT2D eigenvalue weighted by atomic mass is 9.98. The SMILES string of the molecule is CC(=O)OCC1O[C@@H](OC(C)=O)[C@@H](OC(C)=O)[C@H](OC(C)=O)C1OC(C)=O. The van der Waals surface area contributed by atoms with E-state index in [0.717, 1.165) is 34.6 Å². The van der Waals surface area contributed by atoms with E-state index < -0.39 is 67.2 Å². The number of carbonyl (C=O) groups is 5. The molecule has 1 saturated heterocycles. The maximum absolute atomic E-state index is 11.5. The fraction of sp³-hybridized carbons (Fsp3) is 0.688. The lowest BCUT2D eigenvalue weighted by Gasteiger charge is -2.43. The van der Waals surface area contributed by atoms with Crippen LogP contribution < -0.4 is 0 Å². The van der Waals surface area contributed by atoms with Gasteiger partial charge in [-0.25, -0.2) is 0 Å². The van der Waals surface area contributed by atoms with Crippen molar-refractivity contribution in [3.63, 3.8) is 0 Å². The third-order valence-corrected chi connectivity index (χ3v) is 3.23. The molecule has 11 nitrogen and oxygen atoms in total. The fourth-order valence-corrected chi connectivity index (χ4v) is 2.45. The van der Waals surface area contributed by atoms with Crippen molar-refractivity contribution in [1.82, 2.24) is 0 Å². The zero-order valence-electron chi connectivity index (χ0n) is 15.6. The molecule has 0 spiro atoms. The first-order valence-corrected chi connectivity index (χ1v) is 7.99. The van der Waals surface area contributed by atoms with E-state index in [-0.39, 0.29) is 0 Å². The van der Waals surface area contributed by atoms with Crippen molar-refractivity contribution in [3.8, 4) is 0 Å². The molecule has 11 heteroatoms. The van der Waals surface area contributed by atoms with Crippen LogP contribution >= 0.6 is 0 Å². The van der Waals surface area contributed by atoms with Crippen molar-refractivity contribution in [3.05, 3.63) is 0 Å². The van der Waals surface area contributed by atoms with Crippen LogP contribution in [-0.2, 0) is 52.4 Å². The summed E-state index contributed by atoms with van der Waals surface area (Å²) in [6, 6.07) is 0. The van der Waals surface area contributed by atoms with E-state index in [9.17, 15) is 24.0 Å². The third-order valence-electron chi connectivity index (χ3n) is 3.23. The second kappa shape index (κ2) is 9.86. The predicted molar refractivity (Wildman–Crippen MR) is 83.7 cm³/mol. The van der Waals surface area contributed by atoms with Gasteiger partial charge in [0, 0.05) is 34.6 Å². The Labute approximate surface area is 155 Å². The van der Waals surface area contributed by atoms with Gasteiger partial charge >= 0.3 is 29.8 Å². The Kier molecular flexibility index (Phi) is 8.16. The average Bonchev–Trinajstić information content (AvgIpc) is 2.49. The van der Waals surface area contributed by atoms with E-state index in [1.807, 2.05) is 0 Å². The monoisotopic (exact) mass is 390 g/mol. The lowest BCUT2D eigenvalue weighted by Crippen LogP contribution is -2.63. The number of esters is 5. The maximum atomic E-state index is 11.5. The van der Waals surface area contributed by atoms with Crippen molar-refractivity contribution >= 4 is 29.8 Å². The van der Waals surface area contributed by atoms with Gasteiger partial charge in [0.2, 0.25) is 12.4 Å². The maximum Gasteiger partial charge on any atom is 0.305 e. The Morgan fingerprint density at radius 3 is 1.52 bits per heavy atom. The highest BCUT2D eigenvalue weighted by molar-refractivity contribution is 5.69. The van der Waals surface area contributed by atoms with E-state index in [2.05, 4.69) is 0 Å². The van der Waals surface area contributed by atoms with Crippen LogP contribution in [0.15, 0.2) is 0 Å². The first-order chi connectivity index (χ1) is 12.5. The molecule has 0 aliphatic carbocycles. The second-order valence-corrected chi connectivity index (χ2v) is 5.68. The summed E-state index contributed by atoms with van der Waals surface area (Å²) < 4.78 is 30.8. The van der Waals surface area contributed by atoms with Crippen LogP contribution in [0.5, 0.6) is 0 Å². The van der Waals surface area contributed by atoms with Gasteiger partial charge in [0.1, 0.15) is 12.7 Å². The zero-order chi connectivity index (χ0) is 20.7. The fourth-order valence-electron chi connectivity index (χ4n) is 2.45. The number of rotatable bonds is 6. The average molecular weight is 390 g/mol. The minimum absolute atomic E-state index is 0.393. The van der Waals surface area contributed by atoms with Crippen molar-refractivity contribution in [2.75, 3.05) is 6.61 Å². The summed E-state index contributed by atoms with van der Waals surface area (Å²) in [5.41, 5.74) is 0. The molecule has 0 radical (unpaired) electrons. The van der Waals surface area contributed by atoms with Gasteiger partial charge in [-0.1, -0.05) is 0 Å². The molecule has 0 aromatic rings. The standard InChI is InChI=1S/C16H22O11/c1-7(17)22-6-12-13(23-8(2)18)14(24-9(3)19)15(25-10(4)20)16(27-12)26-11(5)21/h12-16H,6H2,1-5H3/t12?,13?,14-,15+,16-/m1/s1. The molecule has 27 heavy (non-hydrogen) atoms. The molecule has 0 N–H and O–H groups in total. The van der Waals surface area contributed by atoms with Crippen molar-refractivity contribution < 1.29 is 52.4 Å². The quantitative estimate of drug-likeness (QED) is 0.433. The second-order valence-electron chi connectivity index (χ2n) is 5.68. The van der Waals surface area contributed by atoms with Gasteiger partial charge in [0.05, 0.1) is 0 Å². The molecular weight excluding hydrogens is 368 g/mol. The molecule has 5 atom stereocenters. The predicted octanol–water partition coefficient (Wildman–Crippen LogP) is -0.367. The van der Waals surface area contributed by atoms with Gasteiger partial charge in [-0.2, -0.15) is 0 Å². The Bertz CT molecular complexity index is 599. The van der Waals surface area contributed by atoms with E-state index in [4.69, 9.17) is 28.4 Å². The molecule has 0 amide bonds. The molecule has 1 aliphatic heterocycles. The van der Waals surface area contributed by atoms with Crippen molar-refractivity contribution in [2.45, 2.75) is 65.3 Å². The molecule has 0 saturated carbocycles. The number of hydrogen-bond acceptors (Lipinski definition) is 11. The van der Waals surface area contributed by atoms with E-state index >= 15 is 0 Å². The van der Waals surface area contributed by atoms with Crippen LogP contribution in [0, 0.1) is 0 Å². The van der Waals surface area contributed by atoms with Crippen LogP contribution in [0.2, 0.25) is 0 Å². The molecule has 2 unspecified atom stereocenters. The summed E-state index contributed by atoms with van der Waals surface area (Å²) in [6.45, 7) is 5.13. The van der Waals surface area contributed by atoms with Crippen LogP contribution in [0.1, 0.15) is 34.6 Å². The van der Waals surface area contributed by atoms with Gasteiger partial charge in [-0.05, 0) is 0 Å². The van der Waals surface area contributed by atoms with Crippen LogP contribution in [0.25, 0.3) is 0 Å². The molecule has 152 valence electrons. The largest absolute Gasteiger partial charge is 0.463 e. The van der Waals surface area contributed by atoms with Crippen molar-refractivity contribution in [1.29, 1.82) is 0 Å². The molecule has 1 rings (SSSR count). The summed E-state index contributed by atoms with van der Waals surface area (Å²) in [4.78, 5) is 57.0. The van der Waals surface area contributed by atoms with Crippen LogP contribution in [0.4, 0.5) is 0 Å². The normalized spacial score (nSPS) is 27.1. The van der Waals surface area contributed by atoms with Gasteiger partial charge < -0.3 is 28.4 Å². The summed E-state index contributed by atoms with van der Waals surface area (Å²) in [5.74, 6) is -3.71. The zero-order valence-corrected chi connectivity index (χ0v) is 15.6. The highest BCUT2D eigenvalue weighted by Crippen LogP contribution is 2.29. The Hall–Kier alpha value is -2.69. The minimum Gasteiger partial charge on any atom is -0.463 e. The molecule has 1 heterocycles. The van der Waals surface area contributed by atoms with E-state index in [1.165, 1.54) is 0 Å². The topological polar surface area (TPSA) is 141 Å². The van der Waals surface area contributed by atoms with E-state index in [1.54, 1.807) is 0 Å². The first kappa shape index (κ1) is 22.4. The summed E-state index contributed by atoms with van der Waals surface area (Å²) in [6.07, 6.45) is -6.70. The number of ether oxygens (including phenoxy) is 6. The summed E-state index contributed by atoms with van der Waals surface area (Å²) in [7, 11) is 0. The Balaban J connectivity index is 3.29. The summed E-state index contributed by atoms with van der Waals surface area (Å²) >= 11 is 0. The lowest BCUT2D eigenvalue weighted by molar-refractivity contribution is -0.300.